The zero-order valence-corrected chi connectivity index (χ0v) is 20.2. The molecule has 0 saturated heterocycles. The minimum Gasteiger partial charge on any atom is -0.493 e. The van der Waals surface area contributed by atoms with Crippen LogP contribution in [-0.2, 0) is 6.54 Å². The minimum absolute atomic E-state index is 0.249. The number of anilines is 2. The van der Waals surface area contributed by atoms with Gasteiger partial charge < -0.3 is 29.2 Å². The van der Waals surface area contributed by atoms with Crippen LogP contribution < -0.4 is 29.2 Å². The fourth-order valence-electron chi connectivity index (χ4n) is 4.06. The molecule has 2 aromatic heterocycles. The van der Waals surface area contributed by atoms with E-state index in [2.05, 4.69) is 25.3 Å². The number of benzene rings is 2. The molecule has 0 radical (unpaired) electrons. The van der Waals surface area contributed by atoms with Gasteiger partial charge in [-0.3, -0.25) is 0 Å². The maximum absolute atomic E-state index is 12.8. The molecule has 1 aliphatic rings. The highest BCUT2D eigenvalue weighted by Crippen LogP contribution is 2.40. The maximum atomic E-state index is 12.8. The topological polar surface area (TPSA) is 95.3 Å². The first kappa shape index (κ1) is 24.3. The van der Waals surface area contributed by atoms with Crippen molar-refractivity contribution in [1.29, 1.82) is 0 Å². The number of hydrogen-bond donors (Lipinski definition) is 1. The largest absolute Gasteiger partial charge is 0.573 e. The maximum Gasteiger partial charge on any atom is 0.573 e. The van der Waals surface area contributed by atoms with Gasteiger partial charge in [-0.25, -0.2) is 0 Å². The van der Waals surface area contributed by atoms with E-state index in [0.717, 1.165) is 5.56 Å². The van der Waals surface area contributed by atoms with Gasteiger partial charge in [0.05, 0.1) is 20.8 Å². The first-order chi connectivity index (χ1) is 17.8. The van der Waals surface area contributed by atoms with E-state index in [1.165, 1.54) is 22.7 Å². The Morgan fingerprint density at radius 1 is 1.05 bits per heavy atom. The summed E-state index contributed by atoms with van der Waals surface area (Å²) in [4.78, 5) is 1.97. The Bertz CT molecular complexity index is 1440. The average Bonchev–Trinajstić information content (AvgIpc) is 3.30. The van der Waals surface area contributed by atoms with Crippen molar-refractivity contribution in [1.82, 2.24) is 19.8 Å². The molecule has 1 N–H and O–H groups in total. The van der Waals surface area contributed by atoms with Crippen LogP contribution in [0.25, 0.3) is 17.0 Å². The van der Waals surface area contributed by atoms with Crippen LogP contribution in [0.1, 0.15) is 5.56 Å². The molecule has 0 atom stereocenters. The molecule has 3 heterocycles. The lowest BCUT2D eigenvalue weighted by atomic mass is 10.2. The molecule has 5 rings (SSSR count). The van der Waals surface area contributed by atoms with Crippen LogP contribution in [0.3, 0.4) is 0 Å². The fourth-order valence-corrected chi connectivity index (χ4v) is 4.06. The number of rotatable bonds is 7. The summed E-state index contributed by atoms with van der Waals surface area (Å²) in [5.74, 6) is 2.01. The molecule has 0 bridgehead atoms. The van der Waals surface area contributed by atoms with Crippen molar-refractivity contribution in [2.24, 2.45) is 0 Å². The number of hydrogen-bond acceptors (Lipinski definition) is 9. The second-order valence-electron chi connectivity index (χ2n) is 8.17. The van der Waals surface area contributed by atoms with E-state index in [-0.39, 0.29) is 11.6 Å². The zero-order valence-electron chi connectivity index (χ0n) is 20.2. The van der Waals surface area contributed by atoms with E-state index >= 15 is 0 Å². The van der Waals surface area contributed by atoms with Gasteiger partial charge in [0.1, 0.15) is 18.0 Å². The Balaban J connectivity index is 1.55. The molecule has 0 unspecified atom stereocenters. The molecule has 1 aliphatic heterocycles. The normalized spacial score (nSPS) is 13.2. The second kappa shape index (κ2) is 9.56. The van der Waals surface area contributed by atoms with Gasteiger partial charge in [0.25, 0.3) is 0 Å². The van der Waals surface area contributed by atoms with E-state index < -0.39 is 6.36 Å². The Kier molecular flexibility index (Phi) is 6.27. The van der Waals surface area contributed by atoms with Gasteiger partial charge >= 0.3 is 6.36 Å². The van der Waals surface area contributed by atoms with Crippen molar-refractivity contribution in [2.45, 2.75) is 12.9 Å². The third kappa shape index (κ3) is 4.84. The first-order valence-electron chi connectivity index (χ1n) is 11.2. The van der Waals surface area contributed by atoms with Gasteiger partial charge in [0.15, 0.2) is 28.9 Å². The Labute approximate surface area is 209 Å². The van der Waals surface area contributed by atoms with Crippen LogP contribution in [-0.4, -0.2) is 60.6 Å². The predicted octanol–water partition coefficient (Wildman–Crippen LogP) is 4.15. The number of methoxy groups -OCH3 is 2. The van der Waals surface area contributed by atoms with Crippen molar-refractivity contribution >= 4 is 17.2 Å². The molecule has 0 aliphatic carbocycles. The first-order valence-corrected chi connectivity index (χ1v) is 11.2. The summed E-state index contributed by atoms with van der Waals surface area (Å²) in [6.45, 7) is 1.44. The lowest BCUT2D eigenvalue weighted by Crippen LogP contribution is -2.30. The summed E-state index contributed by atoms with van der Waals surface area (Å²) in [5, 5.41) is 16.4. The molecular weight excluding hydrogens is 493 g/mol. The molecule has 4 aromatic rings. The van der Waals surface area contributed by atoms with Crippen LogP contribution in [0.2, 0.25) is 0 Å². The lowest BCUT2D eigenvalue weighted by molar-refractivity contribution is -0.274. The van der Waals surface area contributed by atoms with Crippen LogP contribution in [0.15, 0.2) is 42.5 Å². The summed E-state index contributed by atoms with van der Waals surface area (Å²) in [6.07, 6.45) is -4.82. The predicted molar refractivity (Wildman–Crippen MR) is 129 cm³/mol. The summed E-state index contributed by atoms with van der Waals surface area (Å²) >= 11 is 0. The van der Waals surface area contributed by atoms with Crippen LogP contribution in [0.5, 0.6) is 23.0 Å². The van der Waals surface area contributed by atoms with E-state index in [0.29, 0.717) is 59.7 Å². The highest BCUT2D eigenvalue weighted by atomic mass is 19.4. The van der Waals surface area contributed by atoms with E-state index in [4.69, 9.17) is 14.2 Å². The van der Waals surface area contributed by atoms with E-state index in [1.807, 2.05) is 24.1 Å². The van der Waals surface area contributed by atoms with Gasteiger partial charge in [-0.1, -0.05) is 18.2 Å². The molecule has 10 nitrogen and oxygen atoms in total. The van der Waals surface area contributed by atoms with Gasteiger partial charge in [0.2, 0.25) is 5.65 Å². The molecule has 0 spiro atoms. The lowest BCUT2D eigenvalue weighted by Gasteiger charge is -2.29. The van der Waals surface area contributed by atoms with E-state index in [9.17, 15) is 13.2 Å². The molecule has 0 amide bonds. The molecular formula is C24H23F3N6O4. The minimum atomic E-state index is -4.82. The summed E-state index contributed by atoms with van der Waals surface area (Å²) in [5.41, 5.74) is 2.33. The third-order valence-electron chi connectivity index (χ3n) is 5.77. The standard InChI is InChI=1S/C24H23F3N6O4/c1-32-9-10-36-20-19(32)23-30-29-22(15-5-4-6-16(12-15)37-24(25,26)27)33(23)31-21(20)28-13-14-7-8-17(34-2)18(11-14)35-3/h4-8,11-12H,9-10,13H2,1-3H3,(H,28,31). The molecule has 0 saturated carbocycles. The average molecular weight is 516 g/mol. The second-order valence-corrected chi connectivity index (χ2v) is 8.17. The fraction of sp³-hybridized carbons (Fsp3) is 0.292. The van der Waals surface area contributed by atoms with Crippen molar-refractivity contribution < 1.29 is 32.1 Å². The third-order valence-corrected chi connectivity index (χ3v) is 5.77. The van der Waals surface area contributed by atoms with Crippen molar-refractivity contribution in [2.75, 3.05) is 44.6 Å². The molecule has 0 fully saturated rings. The molecule has 2 aromatic carbocycles. The van der Waals surface area contributed by atoms with Crippen molar-refractivity contribution in [3.63, 3.8) is 0 Å². The van der Waals surface area contributed by atoms with Crippen LogP contribution in [0, 0.1) is 0 Å². The monoisotopic (exact) mass is 516 g/mol. The number of nitrogens with one attached hydrogen (secondary N) is 1. The van der Waals surface area contributed by atoms with Gasteiger partial charge in [-0.2, -0.15) is 4.52 Å². The number of likely N-dealkylation sites (N-methyl/N-ethyl adjacent to an activating group) is 1. The zero-order chi connectivity index (χ0) is 26.2. The molecule has 194 valence electrons. The Hall–Kier alpha value is -4.42. The van der Waals surface area contributed by atoms with Gasteiger partial charge in [0, 0.05) is 19.2 Å². The number of halogens is 3. The smallest absolute Gasteiger partial charge is 0.493 e. The summed E-state index contributed by atoms with van der Waals surface area (Å²) < 4.78 is 60.5. The van der Waals surface area contributed by atoms with E-state index in [1.54, 1.807) is 26.4 Å². The highest BCUT2D eigenvalue weighted by molar-refractivity contribution is 5.83. The molecule has 37 heavy (non-hydrogen) atoms. The van der Waals surface area contributed by atoms with Crippen LogP contribution in [0.4, 0.5) is 24.7 Å². The van der Waals surface area contributed by atoms with Crippen molar-refractivity contribution in [3.8, 4) is 34.4 Å². The number of ether oxygens (including phenoxy) is 4. The summed E-state index contributed by atoms with van der Waals surface area (Å²) in [6, 6.07) is 11.1. The number of aromatic nitrogens is 4. The van der Waals surface area contributed by atoms with Gasteiger partial charge in [-0.15, -0.1) is 28.5 Å². The van der Waals surface area contributed by atoms with Gasteiger partial charge in [-0.05, 0) is 29.8 Å². The van der Waals surface area contributed by atoms with Crippen LogP contribution >= 0.6 is 0 Å². The number of fused-ring (bicyclic) bond motifs is 3. The number of alkyl halides is 3. The Morgan fingerprint density at radius 2 is 1.86 bits per heavy atom. The Morgan fingerprint density at radius 3 is 2.62 bits per heavy atom. The summed E-state index contributed by atoms with van der Waals surface area (Å²) in [7, 11) is 5.02. The number of nitrogens with zero attached hydrogens (tertiary/aromatic N) is 5. The SMILES string of the molecule is COc1ccc(CNc2nn3c(-c4cccc(OC(F)(F)F)c4)nnc3c3c2OCCN3C)cc1OC. The highest BCUT2D eigenvalue weighted by Gasteiger charge is 2.31. The van der Waals surface area contributed by atoms with Crippen molar-refractivity contribution in [3.05, 3.63) is 48.0 Å². The quantitative estimate of drug-likeness (QED) is 0.389. The molecule has 13 heteroatoms.